The van der Waals surface area contributed by atoms with Crippen molar-refractivity contribution >= 4 is 11.3 Å². The first-order valence-electron chi connectivity index (χ1n) is 9.60. The SMILES string of the molecule is c1ccc(-c2ccc(CNC[C@H](c3cccs3)N3CCOCC3)cc2)cc1. The van der Waals surface area contributed by atoms with Crippen LogP contribution in [0.2, 0.25) is 0 Å². The van der Waals surface area contributed by atoms with E-state index in [-0.39, 0.29) is 0 Å². The molecule has 0 amide bonds. The van der Waals surface area contributed by atoms with Gasteiger partial charge in [-0.15, -0.1) is 11.3 Å². The smallest absolute Gasteiger partial charge is 0.0594 e. The van der Waals surface area contributed by atoms with Gasteiger partial charge in [0.25, 0.3) is 0 Å². The van der Waals surface area contributed by atoms with Crippen molar-refractivity contribution in [2.75, 3.05) is 32.8 Å². The number of hydrogen-bond donors (Lipinski definition) is 1. The van der Waals surface area contributed by atoms with Crippen molar-refractivity contribution < 1.29 is 4.74 Å². The highest BCUT2D eigenvalue weighted by Gasteiger charge is 2.22. The second-order valence-electron chi connectivity index (χ2n) is 6.87. The summed E-state index contributed by atoms with van der Waals surface area (Å²) in [5.74, 6) is 0. The summed E-state index contributed by atoms with van der Waals surface area (Å²) in [6.45, 7) is 5.54. The van der Waals surface area contributed by atoms with Crippen LogP contribution in [0.4, 0.5) is 0 Å². The van der Waals surface area contributed by atoms with Gasteiger partial charge in [0.15, 0.2) is 0 Å². The monoisotopic (exact) mass is 378 g/mol. The van der Waals surface area contributed by atoms with Crippen molar-refractivity contribution in [3.63, 3.8) is 0 Å². The van der Waals surface area contributed by atoms with Crippen LogP contribution in [0.1, 0.15) is 16.5 Å². The van der Waals surface area contributed by atoms with Gasteiger partial charge in [-0.05, 0) is 28.1 Å². The minimum atomic E-state index is 0.428. The van der Waals surface area contributed by atoms with Crippen LogP contribution >= 0.6 is 11.3 Å². The third-order valence-electron chi connectivity index (χ3n) is 5.09. The lowest BCUT2D eigenvalue weighted by atomic mass is 10.0. The van der Waals surface area contributed by atoms with Gasteiger partial charge < -0.3 is 10.1 Å². The number of nitrogens with one attached hydrogen (secondary N) is 1. The van der Waals surface area contributed by atoms with E-state index in [9.17, 15) is 0 Å². The second kappa shape index (κ2) is 9.29. The van der Waals surface area contributed by atoms with E-state index in [1.807, 2.05) is 11.3 Å². The van der Waals surface area contributed by atoms with E-state index in [2.05, 4.69) is 82.3 Å². The van der Waals surface area contributed by atoms with Crippen LogP contribution in [0.3, 0.4) is 0 Å². The molecule has 0 spiro atoms. The van der Waals surface area contributed by atoms with Crippen LogP contribution in [-0.4, -0.2) is 37.7 Å². The van der Waals surface area contributed by atoms with Gasteiger partial charge in [0.2, 0.25) is 0 Å². The third-order valence-corrected chi connectivity index (χ3v) is 6.06. The van der Waals surface area contributed by atoms with E-state index in [1.165, 1.54) is 21.6 Å². The molecule has 4 heteroatoms. The van der Waals surface area contributed by atoms with Crippen LogP contribution < -0.4 is 5.32 Å². The lowest BCUT2D eigenvalue weighted by molar-refractivity contribution is 0.0168. The van der Waals surface area contributed by atoms with Crippen molar-refractivity contribution in [3.05, 3.63) is 82.6 Å². The quantitative estimate of drug-likeness (QED) is 0.651. The molecule has 2 aromatic carbocycles. The van der Waals surface area contributed by atoms with Crippen LogP contribution in [0.25, 0.3) is 11.1 Å². The summed E-state index contributed by atoms with van der Waals surface area (Å²) in [5.41, 5.74) is 3.85. The summed E-state index contributed by atoms with van der Waals surface area (Å²) in [6.07, 6.45) is 0. The molecule has 3 aromatic rings. The molecule has 1 N–H and O–H groups in total. The maximum atomic E-state index is 5.53. The summed E-state index contributed by atoms with van der Waals surface area (Å²) >= 11 is 1.85. The first kappa shape index (κ1) is 18.4. The highest BCUT2D eigenvalue weighted by atomic mass is 32.1. The predicted octanol–water partition coefficient (Wildman–Crippen LogP) is 4.58. The van der Waals surface area contributed by atoms with Gasteiger partial charge >= 0.3 is 0 Å². The third kappa shape index (κ3) is 4.85. The van der Waals surface area contributed by atoms with Crippen molar-refractivity contribution in [2.24, 2.45) is 0 Å². The van der Waals surface area contributed by atoms with Gasteiger partial charge in [-0.3, -0.25) is 4.90 Å². The molecule has 1 aliphatic heterocycles. The van der Waals surface area contributed by atoms with Gasteiger partial charge in [-0.2, -0.15) is 0 Å². The summed E-state index contributed by atoms with van der Waals surface area (Å²) in [5, 5.41) is 5.84. The Hall–Kier alpha value is -1.98. The van der Waals surface area contributed by atoms with Gasteiger partial charge in [0, 0.05) is 31.1 Å². The number of nitrogens with zero attached hydrogens (tertiary/aromatic N) is 1. The summed E-state index contributed by atoms with van der Waals surface area (Å²) in [7, 11) is 0. The van der Waals surface area contributed by atoms with Crippen molar-refractivity contribution in [3.8, 4) is 11.1 Å². The highest BCUT2D eigenvalue weighted by molar-refractivity contribution is 7.10. The molecule has 0 saturated carbocycles. The van der Waals surface area contributed by atoms with Gasteiger partial charge in [0.05, 0.1) is 19.3 Å². The first-order valence-corrected chi connectivity index (χ1v) is 10.5. The van der Waals surface area contributed by atoms with Crippen LogP contribution in [0.5, 0.6) is 0 Å². The van der Waals surface area contributed by atoms with E-state index in [0.717, 1.165) is 39.4 Å². The molecule has 1 saturated heterocycles. The van der Waals surface area contributed by atoms with Crippen LogP contribution in [-0.2, 0) is 11.3 Å². The van der Waals surface area contributed by atoms with Gasteiger partial charge in [0.1, 0.15) is 0 Å². The van der Waals surface area contributed by atoms with Gasteiger partial charge in [-0.25, -0.2) is 0 Å². The van der Waals surface area contributed by atoms with E-state index in [4.69, 9.17) is 4.74 Å². The minimum absolute atomic E-state index is 0.428. The number of hydrogen-bond acceptors (Lipinski definition) is 4. The average molecular weight is 379 g/mol. The molecule has 1 atom stereocenters. The predicted molar refractivity (Wildman–Crippen MR) is 113 cm³/mol. The van der Waals surface area contributed by atoms with E-state index in [0.29, 0.717) is 6.04 Å². The molecule has 0 aliphatic carbocycles. The molecule has 27 heavy (non-hydrogen) atoms. The number of morpholine rings is 1. The molecule has 0 radical (unpaired) electrons. The fourth-order valence-corrected chi connectivity index (χ4v) is 4.44. The molecule has 1 aromatic heterocycles. The number of rotatable bonds is 7. The molecule has 0 bridgehead atoms. The second-order valence-corrected chi connectivity index (χ2v) is 7.85. The van der Waals surface area contributed by atoms with Gasteiger partial charge in [-0.1, -0.05) is 60.7 Å². The minimum Gasteiger partial charge on any atom is -0.379 e. The zero-order valence-electron chi connectivity index (χ0n) is 15.5. The molecular weight excluding hydrogens is 352 g/mol. The molecule has 2 heterocycles. The Morgan fingerprint density at radius 3 is 2.33 bits per heavy atom. The lowest BCUT2D eigenvalue weighted by Gasteiger charge is -2.34. The highest BCUT2D eigenvalue weighted by Crippen LogP contribution is 2.25. The summed E-state index contributed by atoms with van der Waals surface area (Å²) in [6, 6.07) is 24.2. The Bertz CT molecular complexity index is 796. The zero-order chi connectivity index (χ0) is 18.3. The van der Waals surface area contributed by atoms with Crippen LogP contribution in [0, 0.1) is 0 Å². The van der Waals surface area contributed by atoms with Crippen molar-refractivity contribution in [2.45, 2.75) is 12.6 Å². The van der Waals surface area contributed by atoms with Crippen molar-refractivity contribution in [1.82, 2.24) is 10.2 Å². The number of benzene rings is 2. The van der Waals surface area contributed by atoms with E-state index in [1.54, 1.807) is 0 Å². The number of thiophene rings is 1. The van der Waals surface area contributed by atoms with E-state index >= 15 is 0 Å². The Morgan fingerprint density at radius 2 is 1.63 bits per heavy atom. The first-order chi connectivity index (χ1) is 13.4. The Kier molecular flexibility index (Phi) is 6.32. The molecule has 4 rings (SSSR count). The average Bonchev–Trinajstić information content (AvgIpc) is 3.27. The fraction of sp³-hybridized carbons (Fsp3) is 0.304. The van der Waals surface area contributed by atoms with Crippen molar-refractivity contribution in [1.29, 1.82) is 0 Å². The zero-order valence-corrected chi connectivity index (χ0v) is 16.3. The standard InChI is InChI=1S/C23H26N2OS/c1-2-5-20(6-3-1)21-10-8-19(9-11-21)17-24-18-22(23-7-4-16-27-23)25-12-14-26-15-13-25/h1-11,16,22,24H,12-15,17-18H2/t22-/m1/s1. The number of ether oxygens (including phenoxy) is 1. The van der Waals surface area contributed by atoms with E-state index < -0.39 is 0 Å². The Labute approximate surface area is 165 Å². The Morgan fingerprint density at radius 1 is 0.889 bits per heavy atom. The topological polar surface area (TPSA) is 24.5 Å². The molecule has 0 unspecified atom stereocenters. The molecular formula is C23H26N2OS. The van der Waals surface area contributed by atoms with Crippen LogP contribution in [0.15, 0.2) is 72.1 Å². The maximum absolute atomic E-state index is 5.53. The molecule has 140 valence electrons. The largest absolute Gasteiger partial charge is 0.379 e. The molecule has 1 aliphatic rings. The summed E-state index contributed by atoms with van der Waals surface area (Å²) in [4.78, 5) is 3.98. The fourth-order valence-electron chi connectivity index (χ4n) is 3.58. The normalized spacial score (nSPS) is 16.3. The maximum Gasteiger partial charge on any atom is 0.0594 e. The Balaban J connectivity index is 1.36. The lowest BCUT2D eigenvalue weighted by Crippen LogP contribution is -2.42. The molecule has 3 nitrogen and oxygen atoms in total. The molecule has 1 fully saturated rings. The summed E-state index contributed by atoms with van der Waals surface area (Å²) < 4.78 is 5.53.